The number of allylic oxidation sites excluding steroid dienone is 2. The maximum atomic E-state index is 12.3. The largest absolute Gasteiger partial charge is 0.465 e. The average Bonchev–Trinajstić information content (AvgIpc) is 2.99. The number of urea groups is 1. The van der Waals surface area contributed by atoms with Crippen LogP contribution in [0, 0.1) is 11.8 Å². The Morgan fingerprint density at radius 3 is 2.23 bits per heavy atom. The summed E-state index contributed by atoms with van der Waals surface area (Å²) in [6.07, 6.45) is 6.58. The number of carbonyl (C=O) groups is 2. The summed E-state index contributed by atoms with van der Waals surface area (Å²) in [6.45, 7) is 1.64. The Morgan fingerprint density at radius 2 is 1.68 bits per heavy atom. The topological polar surface area (TPSA) is 58.6 Å². The van der Waals surface area contributed by atoms with Crippen LogP contribution in [-0.4, -0.2) is 37.1 Å². The first kappa shape index (κ1) is 14.6. The molecule has 3 rings (SSSR count). The number of ether oxygens (including phenoxy) is 1. The number of nitrogens with one attached hydrogen (secondary N) is 1. The summed E-state index contributed by atoms with van der Waals surface area (Å²) in [6, 6.07) is 6.66. The van der Waals surface area contributed by atoms with Gasteiger partial charge < -0.3 is 15.0 Å². The number of methoxy groups -OCH3 is 1. The van der Waals surface area contributed by atoms with Crippen LogP contribution in [0.1, 0.15) is 23.2 Å². The summed E-state index contributed by atoms with van der Waals surface area (Å²) < 4.78 is 4.65. The average molecular weight is 300 g/mol. The van der Waals surface area contributed by atoms with Crippen molar-refractivity contribution in [2.24, 2.45) is 11.8 Å². The van der Waals surface area contributed by atoms with E-state index in [2.05, 4.69) is 22.2 Å². The van der Waals surface area contributed by atoms with Crippen molar-refractivity contribution in [1.29, 1.82) is 0 Å². The predicted octanol–water partition coefficient (Wildman–Crippen LogP) is 2.90. The summed E-state index contributed by atoms with van der Waals surface area (Å²) >= 11 is 0. The smallest absolute Gasteiger partial charge is 0.337 e. The fraction of sp³-hybridized carbons (Fsp3) is 0.412. The van der Waals surface area contributed by atoms with Gasteiger partial charge in [0, 0.05) is 18.8 Å². The second-order valence-corrected chi connectivity index (χ2v) is 5.87. The number of fused-ring (bicyclic) bond motifs is 1. The molecule has 2 amide bonds. The zero-order valence-corrected chi connectivity index (χ0v) is 12.6. The third-order valence-electron chi connectivity index (χ3n) is 4.47. The first-order valence-corrected chi connectivity index (χ1v) is 7.56. The minimum Gasteiger partial charge on any atom is -0.465 e. The molecule has 0 bridgehead atoms. The van der Waals surface area contributed by atoms with Crippen LogP contribution in [0.3, 0.4) is 0 Å². The van der Waals surface area contributed by atoms with E-state index in [1.54, 1.807) is 24.3 Å². The Balaban J connectivity index is 1.59. The molecule has 0 spiro atoms. The molecular weight excluding hydrogens is 280 g/mol. The van der Waals surface area contributed by atoms with Crippen molar-refractivity contribution >= 4 is 17.7 Å². The molecule has 0 unspecified atom stereocenters. The summed E-state index contributed by atoms with van der Waals surface area (Å²) in [5.41, 5.74) is 1.16. The highest BCUT2D eigenvalue weighted by Crippen LogP contribution is 2.32. The van der Waals surface area contributed by atoms with Crippen LogP contribution in [0.15, 0.2) is 36.4 Å². The highest BCUT2D eigenvalue weighted by atomic mass is 16.5. The van der Waals surface area contributed by atoms with Crippen LogP contribution in [0.25, 0.3) is 0 Å². The Morgan fingerprint density at radius 1 is 1.09 bits per heavy atom. The molecule has 0 radical (unpaired) electrons. The standard InChI is InChI=1S/C17H20N2O3/c1-22-16(20)12-6-8-15(9-7-12)18-17(21)19-10-13-4-2-3-5-14(13)11-19/h2-3,6-9,13-14H,4-5,10-11H2,1H3,(H,18,21)/t13-,14-/m0/s1. The van der Waals surface area contributed by atoms with Gasteiger partial charge in [-0.15, -0.1) is 0 Å². The molecule has 1 heterocycles. The van der Waals surface area contributed by atoms with E-state index in [1.807, 2.05) is 4.90 Å². The maximum absolute atomic E-state index is 12.3. The van der Waals surface area contributed by atoms with E-state index >= 15 is 0 Å². The second kappa shape index (κ2) is 6.22. The van der Waals surface area contributed by atoms with Crippen LogP contribution in [0.5, 0.6) is 0 Å². The number of benzene rings is 1. The third kappa shape index (κ3) is 2.98. The number of likely N-dealkylation sites (tertiary alicyclic amines) is 1. The lowest BCUT2D eigenvalue weighted by Crippen LogP contribution is -2.33. The lowest BCUT2D eigenvalue weighted by Gasteiger charge is -2.17. The summed E-state index contributed by atoms with van der Waals surface area (Å²) in [7, 11) is 1.35. The van der Waals surface area contributed by atoms with Gasteiger partial charge >= 0.3 is 12.0 Å². The summed E-state index contributed by atoms with van der Waals surface area (Å²) in [5, 5.41) is 2.89. The third-order valence-corrected chi connectivity index (χ3v) is 4.47. The first-order valence-electron chi connectivity index (χ1n) is 7.56. The van der Waals surface area contributed by atoms with E-state index in [4.69, 9.17) is 0 Å². The molecule has 1 aromatic carbocycles. The second-order valence-electron chi connectivity index (χ2n) is 5.87. The first-order chi connectivity index (χ1) is 10.7. The zero-order valence-electron chi connectivity index (χ0n) is 12.6. The van der Waals surface area contributed by atoms with Crippen LogP contribution in [-0.2, 0) is 4.74 Å². The molecule has 116 valence electrons. The predicted molar refractivity (Wildman–Crippen MR) is 83.7 cm³/mol. The fourth-order valence-corrected chi connectivity index (χ4v) is 3.19. The lowest BCUT2D eigenvalue weighted by molar-refractivity contribution is 0.0601. The Labute approximate surface area is 129 Å². The van der Waals surface area contributed by atoms with Gasteiger partial charge in [0.1, 0.15) is 0 Å². The van der Waals surface area contributed by atoms with Crippen LogP contribution < -0.4 is 5.32 Å². The van der Waals surface area contributed by atoms with Crippen molar-refractivity contribution in [2.75, 3.05) is 25.5 Å². The van der Waals surface area contributed by atoms with E-state index in [0.717, 1.165) is 25.9 Å². The molecule has 2 atom stereocenters. The molecular formula is C17H20N2O3. The van der Waals surface area contributed by atoms with Gasteiger partial charge in [0.2, 0.25) is 0 Å². The molecule has 1 fully saturated rings. The number of hydrogen-bond acceptors (Lipinski definition) is 3. The number of amides is 2. The van der Waals surface area contributed by atoms with Crippen LogP contribution in [0.4, 0.5) is 10.5 Å². The lowest BCUT2D eigenvalue weighted by atomic mass is 9.86. The molecule has 5 nitrogen and oxygen atoms in total. The zero-order chi connectivity index (χ0) is 15.5. The van der Waals surface area contributed by atoms with E-state index in [1.165, 1.54) is 7.11 Å². The molecule has 0 saturated carbocycles. The van der Waals surface area contributed by atoms with E-state index in [9.17, 15) is 9.59 Å². The number of rotatable bonds is 2. The highest BCUT2D eigenvalue weighted by Gasteiger charge is 2.35. The van der Waals surface area contributed by atoms with Crippen molar-refractivity contribution in [1.82, 2.24) is 4.90 Å². The van der Waals surface area contributed by atoms with Gasteiger partial charge in [-0.2, -0.15) is 0 Å². The number of hydrogen-bond donors (Lipinski definition) is 1. The fourth-order valence-electron chi connectivity index (χ4n) is 3.19. The SMILES string of the molecule is COC(=O)c1ccc(NC(=O)N2C[C@@H]3CC=CC[C@H]3C2)cc1. The molecule has 1 aliphatic heterocycles. The maximum Gasteiger partial charge on any atom is 0.337 e. The monoisotopic (exact) mass is 300 g/mol. The summed E-state index contributed by atoms with van der Waals surface area (Å²) in [5.74, 6) is 0.809. The Kier molecular flexibility index (Phi) is 4.13. The Bertz CT molecular complexity index is 578. The van der Waals surface area contributed by atoms with Crippen molar-refractivity contribution < 1.29 is 14.3 Å². The molecule has 1 aromatic rings. The molecule has 0 aromatic heterocycles. The molecule has 1 aliphatic carbocycles. The minimum absolute atomic E-state index is 0.0692. The van der Waals surface area contributed by atoms with Crippen molar-refractivity contribution in [3.05, 3.63) is 42.0 Å². The minimum atomic E-state index is -0.381. The number of esters is 1. The molecule has 1 N–H and O–H groups in total. The van der Waals surface area contributed by atoms with E-state index in [0.29, 0.717) is 23.1 Å². The van der Waals surface area contributed by atoms with Gasteiger partial charge in [0.25, 0.3) is 0 Å². The van der Waals surface area contributed by atoms with Crippen LogP contribution in [0.2, 0.25) is 0 Å². The molecule has 22 heavy (non-hydrogen) atoms. The van der Waals surface area contributed by atoms with Gasteiger partial charge in [0.05, 0.1) is 12.7 Å². The van der Waals surface area contributed by atoms with Crippen molar-refractivity contribution in [3.8, 4) is 0 Å². The number of nitrogens with zero attached hydrogens (tertiary/aromatic N) is 1. The van der Waals surface area contributed by atoms with E-state index in [-0.39, 0.29) is 12.0 Å². The molecule has 5 heteroatoms. The van der Waals surface area contributed by atoms with Gasteiger partial charge in [-0.1, -0.05) is 12.2 Å². The van der Waals surface area contributed by atoms with Crippen molar-refractivity contribution in [3.63, 3.8) is 0 Å². The van der Waals surface area contributed by atoms with Gasteiger partial charge in [-0.05, 0) is 48.9 Å². The number of carbonyl (C=O) groups excluding carboxylic acids is 2. The van der Waals surface area contributed by atoms with Gasteiger partial charge in [0.15, 0.2) is 0 Å². The van der Waals surface area contributed by atoms with Crippen LogP contribution >= 0.6 is 0 Å². The highest BCUT2D eigenvalue weighted by molar-refractivity contribution is 5.92. The van der Waals surface area contributed by atoms with Gasteiger partial charge in [-0.3, -0.25) is 0 Å². The number of anilines is 1. The molecule has 1 saturated heterocycles. The van der Waals surface area contributed by atoms with E-state index < -0.39 is 0 Å². The summed E-state index contributed by atoms with van der Waals surface area (Å²) in [4.78, 5) is 25.6. The van der Waals surface area contributed by atoms with Crippen molar-refractivity contribution in [2.45, 2.75) is 12.8 Å². The Hall–Kier alpha value is -2.30. The van der Waals surface area contributed by atoms with Gasteiger partial charge in [-0.25, -0.2) is 9.59 Å². The quantitative estimate of drug-likeness (QED) is 0.675. The normalized spacial score (nSPS) is 23.0. The molecule has 2 aliphatic rings.